The molecule has 0 aliphatic rings. The van der Waals surface area contributed by atoms with E-state index in [2.05, 4.69) is 0 Å². The first-order chi connectivity index (χ1) is 18.1. The maximum absolute atomic E-state index is 14.4. The Bertz CT molecular complexity index is 1150. The summed E-state index contributed by atoms with van der Waals surface area (Å²) in [6.45, 7) is -0.0432. The number of halogens is 13. The van der Waals surface area contributed by atoms with Crippen molar-refractivity contribution in [2.75, 3.05) is 39.5 Å². The van der Waals surface area contributed by atoms with Crippen LogP contribution in [0.5, 0.6) is 0 Å². The average molecular weight is 646 g/mol. The maximum Gasteiger partial charge on any atom is 0.460 e. The summed E-state index contributed by atoms with van der Waals surface area (Å²) < 4.78 is 205. The van der Waals surface area contributed by atoms with E-state index in [4.69, 9.17) is 4.55 Å². The highest BCUT2D eigenvalue weighted by atomic mass is 32.2. The first-order valence-electron chi connectivity index (χ1n) is 11.1. The van der Waals surface area contributed by atoms with Crippen LogP contribution in [-0.2, 0) is 16.0 Å². The second-order valence-corrected chi connectivity index (χ2v) is 10.6. The van der Waals surface area contributed by atoms with Gasteiger partial charge >= 0.3 is 35.8 Å². The SMILES string of the molecule is CN(C)CCCN(CCCS(=O)(=O)O)C(=O)c1ccc(C(F)(F)C(F)(F)C(F)(F)C(F)(F)C(F)(F)C(F)(F)F)cc1. The molecular weight excluding hydrogens is 623 g/mol. The van der Waals surface area contributed by atoms with Crippen molar-refractivity contribution in [3.05, 3.63) is 35.4 Å². The third-order valence-electron chi connectivity index (χ3n) is 5.58. The van der Waals surface area contributed by atoms with Gasteiger partial charge in [0.1, 0.15) is 0 Å². The van der Waals surface area contributed by atoms with E-state index < -0.39 is 68.7 Å². The van der Waals surface area contributed by atoms with Crippen molar-refractivity contribution in [2.45, 2.75) is 48.6 Å². The highest BCUT2D eigenvalue weighted by molar-refractivity contribution is 7.85. The van der Waals surface area contributed by atoms with Crippen LogP contribution in [0.15, 0.2) is 24.3 Å². The molecule has 0 spiro atoms. The molecule has 0 saturated heterocycles. The Hall–Kier alpha value is -2.35. The van der Waals surface area contributed by atoms with Crippen LogP contribution in [0.25, 0.3) is 0 Å². The first kappa shape index (κ1) is 36.7. The van der Waals surface area contributed by atoms with E-state index in [1.165, 1.54) is 0 Å². The number of carbonyl (C=O) groups excluding carboxylic acids is 1. The Labute approximate surface area is 224 Å². The Balaban J connectivity index is 3.36. The second kappa shape index (κ2) is 12.1. The zero-order valence-corrected chi connectivity index (χ0v) is 21.8. The average Bonchev–Trinajstić information content (AvgIpc) is 2.80. The molecule has 0 fully saturated rings. The molecule has 1 N–H and O–H groups in total. The molecule has 0 atom stereocenters. The van der Waals surface area contributed by atoms with Gasteiger partial charge in [-0.05, 0) is 45.6 Å². The molecule has 0 heterocycles. The lowest BCUT2D eigenvalue weighted by Crippen LogP contribution is -2.69. The summed E-state index contributed by atoms with van der Waals surface area (Å²) >= 11 is 0. The van der Waals surface area contributed by atoms with Crippen LogP contribution in [-0.4, -0.2) is 98.0 Å². The number of hydrogen-bond donors (Lipinski definition) is 1. The molecule has 0 aliphatic heterocycles. The summed E-state index contributed by atoms with van der Waals surface area (Å²) in [6, 6.07) is 0.412. The number of amides is 1. The monoisotopic (exact) mass is 646 g/mol. The van der Waals surface area contributed by atoms with Crippen LogP contribution in [0.1, 0.15) is 28.8 Å². The molecule has 0 radical (unpaired) electrons. The molecule has 6 nitrogen and oxygen atoms in total. The second-order valence-electron chi connectivity index (χ2n) is 9.04. The van der Waals surface area contributed by atoms with E-state index in [-0.39, 0.29) is 38.1 Å². The zero-order valence-electron chi connectivity index (χ0n) is 20.9. The minimum Gasteiger partial charge on any atom is -0.339 e. The number of rotatable bonds is 14. The highest BCUT2D eigenvalue weighted by Crippen LogP contribution is 2.62. The van der Waals surface area contributed by atoms with E-state index in [1.54, 1.807) is 19.0 Å². The lowest BCUT2D eigenvalue weighted by Gasteiger charge is -2.39. The van der Waals surface area contributed by atoms with Gasteiger partial charge in [-0.2, -0.15) is 65.5 Å². The summed E-state index contributed by atoms with van der Waals surface area (Å²) in [5.41, 5.74) is -2.83. The number of carbonyl (C=O) groups is 1. The summed E-state index contributed by atoms with van der Waals surface area (Å²) in [6.07, 6.45) is -7.58. The normalized spacial score (nSPS) is 14.5. The minimum absolute atomic E-state index is 0.0901. The number of nitrogens with zero attached hydrogens (tertiary/aromatic N) is 2. The number of hydrogen-bond acceptors (Lipinski definition) is 4. The van der Waals surface area contributed by atoms with Gasteiger partial charge in [0.15, 0.2) is 0 Å². The smallest absolute Gasteiger partial charge is 0.339 e. The number of benzene rings is 1. The lowest BCUT2D eigenvalue weighted by atomic mass is 9.90. The van der Waals surface area contributed by atoms with E-state index in [9.17, 15) is 70.3 Å². The van der Waals surface area contributed by atoms with Gasteiger partial charge in [0.25, 0.3) is 16.0 Å². The van der Waals surface area contributed by atoms with Crippen molar-refractivity contribution >= 4 is 16.0 Å². The molecule has 0 bridgehead atoms. The molecule has 0 unspecified atom stereocenters. The predicted molar refractivity (Wildman–Crippen MR) is 116 cm³/mol. The molecule has 0 aromatic heterocycles. The Kier molecular flexibility index (Phi) is 10.8. The summed E-state index contributed by atoms with van der Waals surface area (Å²) in [5.74, 6) is -39.6. The summed E-state index contributed by atoms with van der Waals surface area (Å²) in [5, 5.41) is 0. The van der Waals surface area contributed by atoms with Crippen molar-refractivity contribution < 1.29 is 74.8 Å². The van der Waals surface area contributed by atoms with E-state index >= 15 is 0 Å². The van der Waals surface area contributed by atoms with Crippen LogP contribution >= 0.6 is 0 Å². The van der Waals surface area contributed by atoms with Crippen molar-refractivity contribution in [1.29, 1.82) is 0 Å². The maximum atomic E-state index is 14.4. The zero-order chi connectivity index (χ0) is 32.5. The quantitative estimate of drug-likeness (QED) is 0.212. The number of alkyl halides is 13. The molecule has 1 amide bonds. The van der Waals surface area contributed by atoms with Crippen molar-refractivity contribution in [1.82, 2.24) is 9.80 Å². The van der Waals surface area contributed by atoms with Crippen LogP contribution in [0.2, 0.25) is 0 Å². The van der Waals surface area contributed by atoms with E-state index in [0.717, 1.165) is 4.90 Å². The fourth-order valence-electron chi connectivity index (χ4n) is 3.29. The van der Waals surface area contributed by atoms with Gasteiger partial charge in [-0.15, -0.1) is 0 Å². The first-order valence-corrected chi connectivity index (χ1v) is 12.7. The molecule has 1 aromatic carbocycles. The van der Waals surface area contributed by atoms with Gasteiger partial charge < -0.3 is 9.80 Å². The summed E-state index contributed by atoms with van der Waals surface area (Å²) in [4.78, 5) is 15.4. The van der Waals surface area contributed by atoms with Gasteiger partial charge in [-0.25, -0.2) is 0 Å². The molecule has 0 aliphatic carbocycles. The molecule has 20 heteroatoms. The molecule has 238 valence electrons. The van der Waals surface area contributed by atoms with Gasteiger partial charge in [-0.3, -0.25) is 9.35 Å². The van der Waals surface area contributed by atoms with Gasteiger partial charge in [0.05, 0.1) is 5.75 Å². The van der Waals surface area contributed by atoms with Crippen LogP contribution < -0.4 is 0 Å². The largest absolute Gasteiger partial charge is 0.460 e. The Morgan fingerprint density at radius 2 is 1.15 bits per heavy atom. The van der Waals surface area contributed by atoms with Crippen molar-refractivity contribution in [3.8, 4) is 0 Å². The van der Waals surface area contributed by atoms with E-state index in [1.807, 2.05) is 0 Å². The molecular formula is C21H23F13N2O4S. The minimum atomic E-state index is -8.03. The van der Waals surface area contributed by atoms with Gasteiger partial charge in [0, 0.05) is 24.2 Å². The van der Waals surface area contributed by atoms with Gasteiger partial charge in [-0.1, -0.05) is 12.1 Å². The van der Waals surface area contributed by atoms with Crippen LogP contribution in [0.3, 0.4) is 0 Å². The topological polar surface area (TPSA) is 77.9 Å². The molecule has 1 aromatic rings. The molecule has 0 saturated carbocycles. The van der Waals surface area contributed by atoms with Crippen LogP contribution in [0, 0.1) is 0 Å². The third-order valence-corrected chi connectivity index (χ3v) is 6.38. The predicted octanol–water partition coefficient (Wildman–Crippen LogP) is 5.55. The summed E-state index contributed by atoms with van der Waals surface area (Å²) in [7, 11) is -1.13. The lowest BCUT2D eigenvalue weighted by molar-refractivity contribution is -0.441. The third kappa shape index (κ3) is 7.54. The standard InChI is InChI=1S/C21H23F13N2O4S/c1-35(2)9-3-10-36(11-4-12-41(38,39)40)15(37)13-5-7-14(8-6-13)16(22,23)17(24,25)18(26,27)19(28,29)20(30,31)21(32,33)34/h5-8H,3-4,9-12H2,1-2H3,(H,38,39,40). The van der Waals surface area contributed by atoms with Crippen molar-refractivity contribution in [2.24, 2.45) is 0 Å². The van der Waals surface area contributed by atoms with Crippen molar-refractivity contribution in [3.63, 3.8) is 0 Å². The van der Waals surface area contributed by atoms with Crippen LogP contribution in [0.4, 0.5) is 57.1 Å². The fraction of sp³-hybridized carbons (Fsp3) is 0.667. The van der Waals surface area contributed by atoms with E-state index in [0.29, 0.717) is 18.7 Å². The Morgan fingerprint density at radius 3 is 1.56 bits per heavy atom. The highest BCUT2D eigenvalue weighted by Gasteiger charge is 2.90. The molecule has 1 rings (SSSR count). The molecule has 41 heavy (non-hydrogen) atoms. The fourth-order valence-corrected chi connectivity index (χ4v) is 3.78. The Morgan fingerprint density at radius 1 is 0.707 bits per heavy atom. The van der Waals surface area contributed by atoms with Gasteiger partial charge in [0.2, 0.25) is 0 Å².